The molecule has 2 aromatic carbocycles. The smallest absolute Gasteiger partial charge is 0.263 e. The van der Waals surface area contributed by atoms with Crippen LogP contribution in [-0.4, -0.2) is 27.0 Å². The predicted octanol–water partition coefficient (Wildman–Crippen LogP) is 6.11. The molecule has 0 spiro atoms. The van der Waals surface area contributed by atoms with Gasteiger partial charge in [0.15, 0.2) is 11.6 Å². The van der Waals surface area contributed by atoms with Gasteiger partial charge in [-0.05, 0) is 47.7 Å². The van der Waals surface area contributed by atoms with Crippen molar-refractivity contribution in [2.75, 3.05) is 11.8 Å². The fraction of sp³-hybridized carbons (Fsp3) is 0.333. The maximum absolute atomic E-state index is 13.1. The van der Waals surface area contributed by atoms with Gasteiger partial charge in [-0.15, -0.1) is 0 Å². The third kappa shape index (κ3) is 6.34. The number of methoxy groups -OCH3 is 1. The molecule has 10 heteroatoms. The average Bonchev–Trinajstić information content (AvgIpc) is 3.15. The second-order valence-electron chi connectivity index (χ2n) is 8.62. The Bertz CT molecular complexity index is 1250. The number of nitrogens with one attached hydrogen (secondary N) is 1. The number of hydrogen-bond donors (Lipinski definition) is 1. The normalized spacial score (nSPS) is 11.9. The van der Waals surface area contributed by atoms with Gasteiger partial charge < -0.3 is 14.1 Å². The monoisotopic (exact) mass is 522 g/mol. The summed E-state index contributed by atoms with van der Waals surface area (Å²) >= 11 is 7.40. The zero-order chi connectivity index (χ0) is 24.9. The van der Waals surface area contributed by atoms with Gasteiger partial charge in [-0.2, -0.15) is 0 Å². The zero-order valence-electron chi connectivity index (χ0n) is 19.4. The largest absolute Gasteiger partial charge is 0.495 e. The van der Waals surface area contributed by atoms with E-state index in [9.17, 15) is 13.2 Å². The number of halogens is 1. The Balaban J connectivity index is 1.93. The number of anilines is 1. The summed E-state index contributed by atoms with van der Waals surface area (Å²) < 4.78 is 39.5. The minimum atomic E-state index is -3.91. The fourth-order valence-corrected chi connectivity index (χ4v) is 5.37. The highest BCUT2D eigenvalue weighted by atomic mass is 35.5. The summed E-state index contributed by atoms with van der Waals surface area (Å²) in [6.45, 7) is 6.18. The molecule has 34 heavy (non-hydrogen) atoms. The third-order valence-electron chi connectivity index (χ3n) is 5.05. The minimum absolute atomic E-state index is 0.0833. The molecule has 0 saturated heterocycles. The quantitative estimate of drug-likeness (QED) is 0.253. The Morgan fingerprint density at radius 1 is 1.18 bits per heavy atom. The maximum Gasteiger partial charge on any atom is 0.263 e. The summed E-state index contributed by atoms with van der Waals surface area (Å²) in [7, 11) is -2.39. The Hall–Kier alpha value is -2.49. The van der Waals surface area contributed by atoms with Gasteiger partial charge in [-0.3, -0.25) is 4.72 Å². The molecule has 0 amide bonds. The van der Waals surface area contributed by atoms with E-state index in [2.05, 4.69) is 30.6 Å². The van der Waals surface area contributed by atoms with E-state index in [1.165, 1.54) is 18.9 Å². The van der Waals surface area contributed by atoms with Gasteiger partial charge in [-0.25, -0.2) is 8.42 Å². The highest BCUT2D eigenvalue weighted by molar-refractivity contribution is 7.99. The number of rotatable bonds is 10. The number of hydrogen-bond acceptors (Lipinski definition) is 7. The van der Waals surface area contributed by atoms with Gasteiger partial charge in [0.25, 0.3) is 10.0 Å². The lowest BCUT2D eigenvalue weighted by atomic mass is 9.87. The first-order chi connectivity index (χ1) is 16.0. The molecule has 0 aliphatic rings. The molecule has 1 heterocycles. The van der Waals surface area contributed by atoms with Crippen molar-refractivity contribution >= 4 is 45.5 Å². The van der Waals surface area contributed by atoms with Gasteiger partial charge in [0, 0.05) is 17.7 Å². The number of aromatic nitrogens is 1. The lowest BCUT2D eigenvalue weighted by Crippen LogP contribution is -2.15. The molecule has 0 saturated carbocycles. The van der Waals surface area contributed by atoms with Crippen LogP contribution in [0.15, 0.2) is 61.7 Å². The number of aryl methyl sites for hydroxylation is 1. The van der Waals surface area contributed by atoms with Gasteiger partial charge in [0.2, 0.25) is 0 Å². The lowest BCUT2D eigenvalue weighted by Gasteiger charge is -2.19. The molecular weight excluding hydrogens is 496 g/mol. The number of benzene rings is 2. The molecular formula is C24H27ClN2O5S2. The summed E-state index contributed by atoms with van der Waals surface area (Å²) in [5.74, 6) is 1.06. The Morgan fingerprint density at radius 2 is 1.88 bits per heavy atom. The minimum Gasteiger partial charge on any atom is -0.495 e. The molecule has 0 aliphatic carbocycles. The highest BCUT2D eigenvalue weighted by Crippen LogP contribution is 2.40. The SMILES string of the molecule is COc1cc(Sc2c(NS(=O)(=O)c3ccc(C(C)(C)C)cc3)noc2CCCC=O)ccc1Cl. The van der Waals surface area contributed by atoms with Gasteiger partial charge in [-0.1, -0.05) is 61.4 Å². The summed E-state index contributed by atoms with van der Waals surface area (Å²) in [6, 6.07) is 12.0. The summed E-state index contributed by atoms with van der Waals surface area (Å²) in [6.07, 6.45) is 2.18. The first kappa shape index (κ1) is 26.1. The van der Waals surface area contributed by atoms with E-state index in [-0.39, 0.29) is 16.1 Å². The average molecular weight is 523 g/mol. The number of ether oxygens (including phenoxy) is 1. The Morgan fingerprint density at radius 3 is 2.50 bits per heavy atom. The predicted molar refractivity (Wildman–Crippen MR) is 134 cm³/mol. The first-order valence-electron chi connectivity index (χ1n) is 10.6. The van der Waals surface area contributed by atoms with Crippen molar-refractivity contribution in [3.8, 4) is 5.75 Å². The molecule has 0 bridgehead atoms. The highest BCUT2D eigenvalue weighted by Gasteiger charge is 2.24. The maximum atomic E-state index is 13.1. The van der Waals surface area contributed by atoms with Crippen LogP contribution in [0.4, 0.5) is 5.82 Å². The van der Waals surface area contributed by atoms with Crippen LogP contribution in [-0.2, 0) is 26.7 Å². The Labute approximate surface area is 209 Å². The van der Waals surface area contributed by atoms with Crippen LogP contribution < -0.4 is 9.46 Å². The molecule has 3 rings (SSSR count). The van der Waals surface area contributed by atoms with E-state index in [0.717, 1.165) is 16.7 Å². The lowest BCUT2D eigenvalue weighted by molar-refractivity contribution is -0.107. The first-order valence-corrected chi connectivity index (χ1v) is 13.3. The zero-order valence-corrected chi connectivity index (χ0v) is 21.8. The van der Waals surface area contributed by atoms with E-state index in [4.69, 9.17) is 20.9 Å². The number of aldehydes is 1. The number of unbranched alkanes of at least 4 members (excludes halogenated alkanes) is 1. The molecule has 0 fully saturated rings. The van der Waals surface area contributed by atoms with Gasteiger partial charge >= 0.3 is 0 Å². The van der Waals surface area contributed by atoms with Crippen LogP contribution in [0.3, 0.4) is 0 Å². The summed E-state index contributed by atoms with van der Waals surface area (Å²) in [4.78, 5) is 12.1. The van der Waals surface area contributed by atoms with Crippen molar-refractivity contribution in [1.82, 2.24) is 5.16 Å². The molecule has 1 N–H and O–H groups in total. The van der Waals surface area contributed by atoms with E-state index >= 15 is 0 Å². The van der Waals surface area contributed by atoms with Crippen LogP contribution >= 0.6 is 23.4 Å². The van der Waals surface area contributed by atoms with Crippen molar-refractivity contribution in [3.05, 3.63) is 58.8 Å². The topological polar surface area (TPSA) is 98.5 Å². The van der Waals surface area contributed by atoms with Crippen molar-refractivity contribution in [1.29, 1.82) is 0 Å². The van der Waals surface area contributed by atoms with Gasteiger partial charge in [0.05, 0.1) is 17.0 Å². The van der Waals surface area contributed by atoms with Crippen LogP contribution in [0.5, 0.6) is 5.75 Å². The van der Waals surface area contributed by atoms with E-state index in [1.54, 1.807) is 42.5 Å². The molecule has 0 aliphatic heterocycles. The Kier molecular flexibility index (Phi) is 8.33. The van der Waals surface area contributed by atoms with Crippen LogP contribution in [0, 0.1) is 0 Å². The number of carbonyl (C=O) groups excluding carboxylic acids is 1. The van der Waals surface area contributed by atoms with Crippen LogP contribution in [0.1, 0.15) is 44.9 Å². The third-order valence-corrected chi connectivity index (χ3v) is 7.83. The summed E-state index contributed by atoms with van der Waals surface area (Å²) in [5, 5.41) is 4.45. The van der Waals surface area contributed by atoms with Crippen molar-refractivity contribution < 1.29 is 22.5 Å². The number of sulfonamides is 1. The molecule has 7 nitrogen and oxygen atoms in total. The molecule has 182 valence electrons. The van der Waals surface area contributed by atoms with Crippen LogP contribution in [0.25, 0.3) is 0 Å². The van der Waals surface area contributed by atoms with Crippen LogP contribution in [0.2, 0.25) is 5.02 Å². The van der Waals surface area contributed by atoms with Crippen molar-refractivity contribution in [2.24, 2.45) is 0 Å². The van der Waals surface area contributed by atoms with Crippen molar-refractivity contribution in [3.63, 3.8) is 0 Å². The molecule has 0 unspecified atom stereocenters. The molecule has 1 aromatic heterocycles. The van der Waals surface area contributed by atoms with E-state index < -0.39 is 10.0 Å². The second-order valence-corrected chi connectivity index (χ2v) is 11.8. The second kappa shape index (κ2) is 10.8. The van der Waals surface area contributed by atoms with Crippen molar-refractivity contribution in [2.45, 2.75) is 60.1 Å². The fourth-order valence-electron chi connectivity index (χ4n) is 3.13. The molecule has 3 aromatic rings. The molecule has 0 radical (unpaired) electrons. The van der Waals surface area contributed by atoms with E-state index in [0.29, 0.717) is 40.7 Å². The number of carbonyl (C=O) groups is 1. The van der Waals surface area contributed by atoms with E-state index in [1.807, 2.05) is 0 Å². The van der Waals surface area contributed by atoms with Gasteiger partial charge in [0.1, 0.15) is 16.9 Å². The number of nitrogens with zero attached hydrogens (tertiary/aromatic N) is 1. The summed E-state index contributed by atoms with van der Waals surface area (Å²) in [5.41, 5.74) is 0.931. The molecule has 0 atom stereocenters. The standard InChI is InChI=1S/C24H27ClN2O5S2/c1-24(2,3)16-8-11-18(12-9-16)34(29,30)27-23-22(20(32-26-23)7-5-6-14-28)33-17-10-13-19(25)21(15-17)31-4/h8-15H,5-7H2,1-4H3,(H,26,27).